The highest BCUT2D eigenvalue weighted by atomic mass is 16.5. The van der Waals surface area contributed by atoms with E-state index < -0.39 is 6.09 Å². The van der Waals surface area contributed by atoms with Crippen molar-refractivity contribution in [2.75, 3.05) is 19.0 Å². The molecule has 1 heterocycles. The molecule has 140 valence electrons. The van der Waals surface area contributed by atoms with Crippen LogP contribution in [0.5, 0.6) is 0 Å². The number of nitrogens with one attached hydrogen (secondary N) is 1. The van der Waals surface area contributed by atoms with Crippen LogP contribution in [0, 0.1) is 0 Å². The molecular weight excluding hydrogens is 344 g/mol. The summed E-state index contributed by atoms with van der Waals surface area (Å²) in [7, 11) is 1.73. The molecule has 27 heavy (non-hydrogen) atoms. The Kier molecular flexibility index (Phi) is 5.45. The number of carbonyl (C=O) groups excluding carboxylic acids is 2. The van der Waals surface area contributed by atoms with E-state index in [0.717, 1.165) is 11.0 Å². The van der Waals surface area contributed by atoms with Gasteiger partial charge < -0.3 is 14.1 Å². The van der Waals surface area contributed by atoms with E-state index in [9.17, 15) is 9.59 Å². The second kappa shape index (κ2) is 7.95. The van der Waals surface area contributed by atoms with Crippen molar-refractivity contribution in [1.29, 1.82) is 0 Å². The maximum Gasteiger partial charge on any atom is 0.411 e. The van der Waals surface area contributed by atoms with E-state index >= 15 is 0 Å². The maximum absolute atomic E-state index is 12.9. The fraction of sp³-hybridized carbons (Fsp3) is 0.238. The smallest absolute Gasteiger partial charge is 0.411 e. The summed E-state index contributed by atoms with van der Waals surface area (Å²) in [5.74, 6) is 0.545. The van der Waals surface area contributed by atoms with Crippen LogP contribution < -0.4 is 5.32 Å². The van der Waals surface area contributed by atoms with Gasteiger partial charge in [0.05, 0.1) is 12.6 Å². The molecule has 1 atom stereocenters. The second-order valence-electron chi connectivity index (χ2n) is 6.20. The zero-order valence-electron chi connectivity index (χ0n) is 15.6. The molecule has 0 fully saturated rings. The van der Waals surface area contributed by atoms with Crippen molar-refractivity contribution in [2.24, 2.45) is 0 Å². The standard InChI is InChI=1S/C21H22N2O4/c1-4-26-21(25)22-17-10-7-9-16(12-17)20(24)23(3)14(2)19-13-15-8-5-6-11-18(15)27-19/h5-14H,4H2,1-3H3,(H,22,25). The van der Waals surface area contributed by atoms with E-state index in [2.05, 4.69) is 5.32 Å². The lowest BCUT2D eigenvalue weighted by Crippen LogP contribution is -2.29. The SMILES string of the molecule is CCOC(=O)Nc1cccc(C(=O)N(C)C(C)c2cc3ccccc3o2)c1. The maximum atomic E-state index is 12.9. The van der Waals surface area contributed by atoms with E-state index in [1.807, 2.05) is 37.3 Å². The van der Waals surface area contributed by atoms with Crippen LogP contribution >= 0.6 is 0 Å². The Labute approximate surface area is 157 Å². The van der Waals surface area contributed by atoms with E-state index in [0.29, 0.717) is 17.0 Å². The van der Waals surface area contributed by atoms with Crippen molar-refractivity contribution in [3.05, 3.63) is 65.9 Å². The van der Waals surface area contributed by atoms with Gasteiger partial charge in [-0.15, -0.1) is 0 Å². The average Bonchev–Trinajstić information content (AvgIpc) is 3.10. The average molecular weight is 366 g/mol. The summed E-state index contributed by atoms with van der Waals surface area (Å²) in [6, 6.07) is 16.2. The van der Waals surface area contributed by atoms with E-state index in [1.165, 1.54) is 0 Å². The third-order valence-electron chi connectivity index (χ3n) is 4.39. The minimum absolute atomic E-state index is 0.171. The van der Waals surface area contributed by atoms with Crippen LogP contribution in [0.2, 0.25) is 0 Å². The molecule has 0 spiro atoms. The van der Waals surface area contributed by atoms with Crippen molar-refractivity contribution in [3.8, 4) is 0 Å². The summed E-state index contributed by atoms with van der Waals surface area (Å²) in [6.07, 6.45) is -0.550. The summed E-state index contributed by atoms with van der Waals surface area (Å²) < 4.78 is 10.7. The number of furan rings is 1. The molecule has 0 saturated carbocycles. The normalized spacial score (nSPS) is 11.8. The number of anilines is 1. The van der Waals surface area contributed by atoms with Crippen LogP contribution in [-0.4, -0.2) is 30.6 Å². The Morgan fingerprint density at radius 3 is 2.67 bits per heavy atom. The predicted octanol–water partition coefficient (Wildman–Crippen LogP) is 4.83. The molecule has 2 amide bonds. The van der Waals surface area contributed by atoms with Crippen LogP contribution in [0.25, 0.3) is 11.0 Å². The summed E-state index contributed by atoms with van der Waals surface area (Å²) >= 11 is 0. The lowest BCUT2D eigenvalue weighted by molar-refractivity contribution is 0.0727. The first-order valence-electron chi connectivity index (χ1n) is 8.79. The first-order chi connectivity index (χ1) is 13.0. The van der Waals surface area contributed by atoms with Crippen molar-refractivity contribution < 1.29 is 18.7 Å². The van der Waals surface area contributed by atoms with Gasteiger partial charge in [-0.3, -0.25) is 10.1 Å². The highest BCUT2D eigenvalue weighted by Gasteiger charge is 2.22. The number of carbonyl (C=O) groups is 2. The minimum Gasteiger partial charge on any atom is -0.459 e. The predicted molar refractivity (Wildman–Crippen MR) is 104 cm³/mol. The van der Waals surface area contributed by atoms with Crippen LogP contribution in [0.3, 0.4) is 0 Å². The fourth-order valence-corrected chi connectivity index (χ4v) is 2.79. The van der Waals surface area contributed by atoms with Crippen molar-refractivity contribution in [1.82, 2.24) is 4.90 Å². The fourth-order valence-electron chi connectivity index (χ4n) is 2.79. The van der Waals surface area contributed by atoms with E-state index in [1.54, 1.807) is 43.1 Å². The van der Waals surface area contributed by atoms with Crippen LogP contribution in [0.1, 0.15) is 36.0 Å². The molecule has 0 bridgehead atoms. The Bertz CT molecular complexity index is 930. The lowest BCUT2D eigenvalue weighted by atomic mass is 10.1. The van der Waals surface area contributed by atoms with Gasteiger partial charge in [-0.1, -0.05) is 24.3 Å². The van der Waals surface area contributed by atoms with Crippen LogP contribution in [0.4, 0.5) is 10.5 Å². The molecular formula is C21H22N2O4. The van der Waals surface area contributed by atoms with Gasteiger partial charge in [0.2, 0.25) is 0 Å². The summed E-state index contributed by atoms with van der Waals surface area (Å²) in [6.45, 7) is 3.92. The number of rotatable bonds is 5. The third kappa shape index (κ3) is 4.11. The van der Waals surface area contributed by atoms with Gasteiger partial charge in [0, 0.05) is 23.7 Å². The van der Waals surface area contributed by atoms with Gasteiger partial charge in [-0.2, -0.15) is 0 Å². The molecule has 3 rings (SSSR count). The molecule has 1 unspecified atom stereocenters. The van der Waals surface area contributed by atoms with Gasteiger partial charge in [0.15, 0.2) is 0 Å². The van der Waals surface area contributed by atoms with Crippen molar-refractivity contribution >= 4 is 28.7 Å². The van der Waals surface area contributed by atoms with E-state index in [-0.39, 0.29) is 18.6 Å². The zero-order chi connectivity index (χ0) is 19.4. The number of benzene rings is 2. The Balaban J connectivity index is 1.77. The number of hydrogen-bond donors (Lipinski definition) is 1. The highest BCUT2D eigenvalue weighted by molar-refractivity contribution is 5.96. The number of para-hydroxylation sites is 1. The molecule has 2 aromatic carbocycles. The van der Waals surface area contributed by atoms with Crippen LogP contribution in [0.15, 0.2) is 59.0 Å². The Morgan fingerprint density at radius 2 is 1.93 bits per heavy atom. The monoisotopic (exact) mass is 366 g/mol. The Hall–Kier alpha value is -3.28. The summed E-state index contributed by atoms with van der Waals surface area (Å²) in [4.78, 5) is 26.1. The number of hydrogen-bond acceptors (Lipinski definition) is 4. The molecule has 1 N–H and O–H groups in total. The van der Waals surface area contributed by atoms with Crippen molar-refractivity contribution in [2.45, 2.75) is 19.9 Å². The first kappa shape index (κ1) is 18.5. The zero-order valence-corrected chi connectivity index (χ0v) is 15.6. The largest absolute Gasteiger partial charge is 0.459 e. The summed E-state index contributed by atoms with van der Waals surface area (Å²) in [5.41, 5.74) is 1.76. The molecule has 3 aromatic rings. The topological polar surface area (TPSA) is 71.8 Å². The summed E-state index contributed by atoms with van der Waals surface area (Å²) in [5, 5.41) is 3.61. The Morgan fingerprint density at radius 1 is 1.15 bits per heavy atom. The number of fused-ring (bicyclic) bond motifs is 1. The highest BCUT2D eigenvalue weighted by Crippen LogP contribution is 2.27. The molecule has 0 radical (unpaired) electrons. The third-order valence-corrected chi connectivity index (χ3v) is 4.39. The van der Waals surface area contributed by atoms with Gasteiger partial charge in [-0.25, -0.2) is 4.79 Å². The lowest BCUT2D eigenvalue weighted by Gasteiger charge is -2.23. The minimum atomic E-state index is -0.550. The number of amides is 2. The molecule has 1 aromatic heterocycles. The first-order valence-corrected chi connectivity index (χ1v) is 8.79. The molecule has 6 heteroatoms. The van der Waals surface area contributed by atoms with Crippen LogP contribution in [-0.2, 0) is 4.74 Å². The van der Waals surface area contributed by atoms with Gasteiger partial charge in [0.25, 0.3) is 5.91 Å². The van der Waals surface area contributed by atoms with Gasteiger partial charge >= 0.3 is 6.09 Å². The number of ether oxygens (including phenoxy) is 1. The molecule has 0 saturated heterocycles. The molecule has 6 nitrogen and oxygen atoms in total. The van der Waals surface area contributed by atoms with E-state index in [4.69, 9.17) is 9.15 Å². The van der Waals surface area contributed by atoms with Gasteiger partial charge in [0.1, 0.15) is 11.3 Å². The second-order valence-corrected chi connectivity index (χ2v) is 6.20. The van der Waals surface area contributed by atoms with Crippen molar-refractivity contribution in [3.63, 3.8) is 0 Å². The molecule has 0 aliphatic rings. The van der Waals surface area contributed by atoms with Gasteiger partial charge in [-0.05, 0) is 44.2 Å². The molecule has 0 aliphatic heterocycles. The number of nitrogens with zero attached hydrogens (tertiary/aromatic N) is 1. The quantitative estimate of drug-likeness (QED) is 0.702. The molecule has 0 aliphatic carbocycles.